The molecule has 0 spiro atoms. The van der Waals surface area contributed by atoms with E-state index in [1.54, 1.807) is 7.05 Å². The molecule has 1 saturated carbocycles. The normalized spacial score (nSPS) is 43.8. The van der Waals surface area contributed by atoms with E-state index < -0.39 is 0 Å². The quantitative estimate of drug-likeness (QED) is 0.552. The molecule has 0 aromatic rings. The third-order valence-electron chi connectivity index (χ3n) is 4.47. The Morgan fingerprint density at radius 2 is 2.12 bits per heavy atom. The number of likely N-dealkylation sites (tertiary alicyclic amines) is 1. The zero-order chi connectivity index (χ0) is 12.4. The van der Waals surface area contributed by atoms with Crippen LogP contribution in [0.4, 0.5) is 0 Å². The third kappa shape index (κ3) is 1.21. The molecule has 4 heteroatoms. The topological polar surface area (TPSA) is 51.4 Å². The molecular formula is C13H17N2O2+. The first-order chi connectivity index (χ1) is 7.94. The first kappa shape index (κ1) is 10.7. The van der Waals surface area contributed by atoms with Crippen LogP contribution in [0.2, 0.25) is 0 Å². The highest BCUT2D eigenvalue weighted by Crippen LogP contribution is 2.49. The molecule has 3 aliphatic rings. The predicted molar refractivity (Wildman–Crippen MR) is 62.1 cm³/mol. The van der Waals surface area contributed by atoms with Crippen molar-refractivity contribution >= 4 is 18.0 Å². The van der Waals surface area contributed by atoms with E-state index in [2.05, 4.69) is 18.0 Å². The summed E-state index contributed by atoms with van der Waals surface area (Å²) in [6, 6.07) is 0.0672. The molecule has 2 aliphatic heterocycles. The molecule has 1 N–H and O–H groups in total. The molecule has 2 heterocycles. The number of carbonyl (C=O) groups excluding carboxylic acids is 2. The number of nitrogens with zero attached hydrogens (tertiary/aromatic N) is 1. The van der Waals surface area contributed by atoms with E-state index in [1.807, 2.05) is 13.1 Å². The number of nitrogens with one attached hydrogen (secondary N) is 1. The molecule has 0 bridgehead atoms. The summed E-state index contributed by atoms with van der Waals surface area (Å²) in [5.74, 6) is -0.352. The van der Waals surface area contributed by atoms with Crippen LogP contribution in [0.3, 0.4) is 0 Å². The summed E-state index contributed by atoms with van der Waals surface area (Å²) in [7, 11) is 1.59. The summed E-state index contributed by atoms with van der Waals surface area (Å²) in [6.45, 7) is 4.18. The van der Waals surface area contributed by atoms with Gasteiger partial charge in [-0.1, -0.05) is 6.08 Å². The Balaban J connectivity index is 2.05. The Labute approximate surface area is 100 Å². The van der Waals surface area contributed by atoms with Crippen LogP contribution < -0.4 is 4.99 Å². The van der Waals surface area contributed by atoms with E-state index in [1.165, 1.54) is 10.5 Å². The number of rotatable bonds is 0. The SMILES string of the molecule is CC1=C[C@]2(C)C[C@@H]3C(=O)N(C)C(=O)[C@@H]3[C@@H]2[NH+]=C1. The van der Waals surface area contributed by atoms with E-state index in [0.717, 1.165) is 6.42 Å². The molecule has 1 saturated heterocycles. The Morgan fingerprint density at radius 1 is 1.41 bits per heavy atom. The van der Waals surface area contributed by atoms with Gasteiger partial charge in [-0.2, -0.15) is 0 Å². The van der Waals surface area contributed by atoms with Gasteiger partial charge in [0, 0.05) is 18.0 Å². The molecule has 17 heavy (non-hydrogen) atoms. The van der Waals surface area contributed by atoms with Crippen molar-refractivity contribution in [3.8, 4) is 0 Å². The van der Waals surface area contributed by atoms with E-state index in [-0.39, 0.29) is 35.1 Å². The van der Waals surface area contributed by atoms with E-state index in [0.29, 0.717) is 0 Å². The van der Waals surface area contributed by atoms with Gasteiger partial charge in [-0.15, -0.1) is 0 Å². The number of fused-ring (bicyclic) bond motifs is 3. The van der Waals surface area contributed by atoms with E-state index in [4.69, 9.17) is 0 Å². The maximum atomic E-state index is 12.1. The molecule has 2 fully saturated rings. The summed E-state index contributed by atoms with van der Waals surface area (Å²) in [5, 5.41) is 0. The van der Waals surface area contributed by atoms with Crippen LogP contribution in [0.1, 0.15) is 20.3 Å². The summed E-state index contributed by atoms with van der Waals surface area (Å²) in [5.41, 5.74) is 1.11. The largest absolute Gasteiger partial charge is 0.285 e. The Bertz CT molecular complexity index is 480. The van der Waals surface area contributed by atoms with Crippen molar-refractivity contribution in [2.45, 2.75) is 26.3 Å². The minimum absolute atomic E-state index is 0.0107. The number of amides is 2. The van der Waals surface area contributed by atoms with Gasteiger partial charge in [0.2, 0.25) is 11.8 Å². The van der Waals surface area contributed by atoms with Crippen molar-refractivity contribution in [3.05, 3.63) is 11.6 Å². The molecular weight excluding hydrogens is 216 g/mol. The fraction of sp³-hybridized carbons (Fsp3) is 0.615. The van der Waals surface area contributed by atoms with Gasteiger partial charge in [-0.05, 0) is 20.3 Å². The molecule has 2 amide bonds. The van der Waals surface area contributed by atoms with Gasteiger partial charge in [0.05, 0.1) is 5.92 Å². The second kappa shape index (κ2) is 3.06. The highest BCUT2D eigenvalue weighted by molar-refractivity contribution is 6.05. The molecule has 1 aliphatic carbocycles. The molecule has 90 valence electrons. The van der Waals surface area contributed by atoms with Gasteiger partial charge < -0.3 is 0 Å². The average molecular weight is 233 g/mol. The minimum atomic E-state index is -0.182. The summed E-state index contributed by atoms with van der Waals surface area (Å²) in [6.07, 6.45) is 4.92. The third-order valence-corrected chi connectivity index (χ3v) is 4.47. The van der Waals surface area contributed by atoms with Crippen molar-refractivity contribution < 1.29 is 14.6 Å². The lowest BCUT2D eigenvalue weighted by Gasteiger charge is -2.27. The lowest BCUT2D eigenvalue weighted by Crippen LogP contribution is -2.83. The number of carbonyl (C=O) groups is 2. The maximum absolute atomic E-state index is 12.1. The van der Waals surface area contributed by atoms with Crippen LogP contribution >= 0.6 is 0 Å². The number of hydrogen-bond acceptors (Lipinski definition) is 2. The molecule has 4 nitrogen and oxygen atoms in total. The highest BCUT2D eigenvalue weighted by atomic mass is 16.2. The van der Waals surface area contributed by atoms with E-state index in [9.17, 15) is 9.59 Å². The van der Waals surface area contributed by atoms with Crippen molar-refractivity contribution in [2.75, 3.05) is 7.05 Å². The van der Waals surface area contributed by atoms with Gasteiger partial charge in [0.25, 0.3) is 0 Å². The number of allylic oxidation sites excluding steroid dienone is 1. The van der Waals surface area contributed by atoms with Crippen LogP contribution in [-0.4, -0.2) is 36.0 Å². The summed E-state index contributed by atoms with van der Waals surface area (Å²) >= 11 is 0. The molecule has 0 radical (unpaired) electrons. The highest BCUT2D eigenvalue weighted by Gasteiger charge is 2.64. The zero-order valence-electron chi connectivity index (χ0n) is 10.4. The van der Waals surface area contributed by atoms with Crippen molar-refractivity contribution in [1.82, 2.24) is 4.90 Å². The molecule has 4 atom stereocenters. The van der Waals surface area contributed by atoms with Crippen molar-refractivity contribution in [3.63, 3.8) is 0 Å². The first-order valence-corrected chi connectivity index (χ1v) is 6.04. The van der Waals surface area contributed by atoms with Crippen molar-refractivity contribution in [2.24, 2.45) is 17.3 Å². The van der Waals surface area contributed by atoms with Gasteiger partial charge >= 0.3 is 0 Å². The maximum Gasteiger partial charge on any atom is 0.239 e. The Morgan fingerprint density at radius 3 is 2.82 bits per heavy atom. The second-order valence-corrected chi connectivity index (χ2v) is 5.75. The van der Waals surface area contributed by atoms with Crippen LogP contribution in [0.25, 0.3) is 0 Å². The number of imide groups is 1. The number of hydrogen-bond donors (Lipinski definition) is 1. The summed E-state index contributed by atoms with van der Waals surface area (Å²) < 4.78 is 0. The Hall–Kier alpha value is -1.45. The van der Waals surface area contributed by atoms with Crippen LogP contribution in [0, 0.1) is 17.3 Å². The lowest BCUT2D eigenvalue weighted by molar-refractivity contribution is -0.519. The van der Waals surface area contributed by atoms with Crippen LogP contribution in [0.15, 0.2) is 11.6 Å². The van der Waals surface area contributed by atoms with Gasteiger partial charge in [-0.3, -0.25) is 14.5 Å². The standard InChI is InChI=1S/C13H16N2O2/c1-7-4-13(2)5-8-9(10(13)14-6-7)12(17)15(3)11(8)16/h4,6,8-10H,5H2,1-3H3/p+1/t8-,9-,10-,13+/m0/s1. The fourth-order valence-electron chi connectivity index (χ4n) is 3.73. The zero-order valence-corrected chi connectivity index (χ0v) is 10.4. The van der Waals surface area contributed by atoms with Crippen LogP contribution in [0.5, 0.6) is 0 Å². The monoisotopic (exact) mass is 233 g/mol. The molecule has 0 aromatic heterocycles. The predicted octanol–water partition coefficient (Wildman–Crippen LogP) is -0.893. The van der Waals surface area contributed by atoms with E-state index >= 15 is 0 Å². The van der Waals surface area contributed by atoms with Gasteiger partial charge in [0.15, 0.2) is 12.3 Å². The minimum Gasteiger partial charge on any atom is -0.285 e. The van der Waals surface area contributed by atoms with Crippen LogP contribution in [-0.2, 0) is 9.59 Å². The second-order valence-electron chi connectivity index (χ2n) is 5.75. The average Bonchev–Trinajstić information content (AvgIpc) is 2.66. The van der Waals surface area contributed by atoms with Gasteiger partial charge in [0.1, 0.15) is 5.92 Å². The molecule has 0 unspecified atom stereocenters. The molecule has 0 aromatic carbocycles. The Kier molecular flexibility index (Phi) is 1.92. The smallest absolute Gasteiger partial charge is 0.239 e. The molecule has 3 rings (SSSR count). The van der Waals surface area contributed by atoms with Crippen molar-refractivity contribution in [1.29, 1.82) is 0 Å². The van der Waals surface area contributed by atoms with Gasteiger partial charge in [-0.25, -0.2) is 4.99 Å². The first-order valence-electron chi connectivity index (χ1n) is 6.04. The summed E-state index contributed by atoms with van der Waals surface area (Å²) in [4.78, 5) is 28.7. The fourth-order valence-corrected chi connectivity index (χ4v) is 3.73. The lowest BCUT2D eigenvalue weighted by atomic mass is 9.79.